The lowest BCUT2D eigenvalue weighted by Crippen LogP contribution is -2.32. The van der Waals surface area contributed by atoms with Crippen LogP contribution in [-0.4, -0.2) is 6.54 Å². The van der Waals surface area contributed by atoms with Gasteiger partial charge in [0, 0.05) is 0 Å². The highest BCUT2D eigenvalue weighted by atomic mass is 14.7. The molecule has 0 amide bonds. The fourth-order valence-corrected chi connectivity index (χ4v) is 3.08. The van der Waals surface area contributed by atoms with Gasteiger partial charge in [0.25, 0.3) is 0 Å². The van der Waals surface area contributed by atoms with Gasteiger partial charge in [0.2, 0.25) is 0 Å². The van der Waals surface area contributed by atoms with Crippen LogP contribution in [0.25, 0.3) is 0 Å². The zero-order valence-corrected chi connectivity index (χ0v) is 7.85. The zero-order chi connectivity index (χ0) is 8.28. The van der Waals surface area contributed by atoms with Crippen LogP contribution >= 0.6 is 0 Å². The average Bonchev–Trinajstić information content (AvgIpc) is 2.53. The van der Waals surface area contributed by atoms with Gasteiger partial charge in [0.15, 0.2) is 0 Å². The molecule has 2 aliphatic carbocycles. The molecule has 3 unspecified atom stereocenters. The summed E-state index contributed by atoms with van der Waals surface area (Å²) in [6.45, 7) is 8.13. The van der Waals surface area contributed by atoms with E-state index in [1.54, 1.807) is 0 Å². The van der Waals surface area contributed by atoms with Crippen molar-refractivity contribution in [3.8, 4) is 0 Å². The SMILES string of the molecule is CC1(C)C(CN)CC2CC21C. The third-order valence-electron chi connectivity index (χ3n) is 4.76. The Labute approximate surface area is 69.4 Å². The highest BCUT2D eigenvalue weighted by molar-refractivity contribution is 5.15. The number of fused-ring (bicyclic) bond motifs is 1. The molecule has 3 atom stereocenters. The molecular weight excluding hydrogens is 134 g/mol. The predicted octanol–water partition coefficient (Wildman–Crippen LogP) is 2.02. The maximum Gasteiger partial charge on any atom is -0.00434 e. The maximum absolute atomic E-state index is 5.75. The molecule has 0 aromatic rings. The third kappa shape index (κ3) is 0.703. The molecule has 0 spiro atoms. The fourth-order valence-electron chi connectivity index (χ4n) is 3.08. The maximum atomic E-state index is 5.75. The van der Waals surface area contributed by atoms with Crippen molar-refractivity contribution in [1.82, 2.24) is 0 Å². The van der Waals surface area contributed by atoms with Crippen molar-refractivity contribution in [3.63, 3.8) is 0 Å². The summed E-state index contributed by atoms with van der Waals surface area (Å²) in [4.78, 5) is 0. The highest BCUT2D eigenvalue weighted by Crippen LogP contribution is 2.73. The Balaban J connectivity index is 2.23. The van der Waals surface area contributed by atoms with E-state index in [4.69, 9.17) is 5.73 Å². The summed E-state index contributed by atoms with van der Waals surface area (Å²) in [5.74, 6) is 1.79. The number of nitrogens with two attached hydrogens (primary N) is 1. The van der Waals surface area contributed by atoms with Crippen molar-refractivity contribution in [1.29, 1.82) is 0 Å². The van der Waals surface area contributed by atoms with Crippen LogP contribution < -0.4 is 5.73 Å². The molecule has 0 aliphatic heterocycles. The molecular formula is C10H19N. The molecule has 2 N–H and O–H groups in total. The van der Waals surface area contributed by atoms with Crippen LogP contribution in [0.4, 0.5) is 0 Å². The largest absolute Gasteiger partial charge is 0.330 e. The van der Waals surface area contributed by atoms with Gasteiger partial charge in [0.05, 0.1) is 0 Å². The van der Waals surface area contributed by atoms with Crippen molar-refractivity contribution in [2.24, 2.45) is 28.4 Å². The minimum atomic E-state index is 0.506. The van der Waals surface area contributed by atoms with E-state index in [9.17, 15) is 0 Å². The summed E-state index contributed by atoms with van der Waals surface area (Å²) in [5, 5.41) is 0. The van der Waals surface area contributed by atoms with E-state index in [0.29, 0.717) is 10.8 Å². The lowest BCUT2D eigenvalue weighted by Gasteiger charge is -2.34. The molecule has 2 aliphatic rings. The Hall–Kier alpha value is -0.0400. The van der Waals surface area contributed by atoms with Crippen molar-refractivity contribution >= 4 is 0 Å². The van der Waals surface area contributed by atoms with E-state index in [2.05, 4.69) is 20.8 Å². The molecule has 0 radical (unpaired) electrons. The first-order valence-corrected chi connectivity index (χ1v) is 4.72. The van der Waals surface area contributed by atoms with E-state index in [1.165, 1.54) is 12.8 Å². The molecule has 0 aromatic carbocycles. The summed E-state index contributed by atoms with van der Waals surface area (Å²) in [6.07, 6.45) is 2.84. The van der Waals surface area contributed by atoms with Crippen molar-refractivity contribution in [2.75, 3.05) is 6.54 Å². The van der Waals surface area contributed by atoms with E-state index < -0.39 is 0 Å². The number of hydrogen-bond donors (Lipinski definition) is 1. The summed E-state index contributed by atoms with van der Waals surface area (Å²) >= 11 is 0. The molecule has 1 nitrogen and oxygen atoms in total. The van der Waals surface area contributed by atoms with Crippen LogP contribution in [0.1, 0.15) is 33.6 Å². The standard InChI is InChI=1S/C10H19N/c1-9(2)8(6-11)4-7-5-10(7,9)3/h7-8H,4-6,11H2,1-3H3. The Morgan fingerprint density at radius 1 is 1.36 bits per heavy atom. The van der Waals surface area contributed by atoms with Crippen molar-refractivity contribution in [3.05, 3.63) is 0 Å². The lowest BCUT2D eigenvalue weighted by atomic mass is 9.71. The van der Waals surface area contributed by atoms with Crippen LogP contribution in [0.3, 0.4) is 0 Å². The monoisotopic (exact) mass is 153 g/mol. The Morgan fingerprint density at radius 2 is 2.00 bits per heavy atom. The first-order valence-electron chi connectivity index (χ1n) is 4.72. The van der Waals surface area contributed by atoms with Crippen LogP contribution in [0, 0.1) is 22.7 Å². The normalized spacial score (nSPS) is 52.4. The van der Waals surface area contributed by atoms with Crippen molar-refractivity contribution in [2.45, 2.75) is 33.6 Å². The Morgan fingerprint density at radius 3 is 2.27 bits per heavy atom. The van der Waals surface area contributed by atoms with Crippen molar-refractivity contribution < 1.29 is 0 Å². The molecule has 2 fully saturated rings. The molecule has 0 saturated heterocycles. The minimum Gasteiger partial charge on any atom is -0.330 e. The van der Waals surface area contributed by atoms with Crippen LogP contribution in [0.5, 0.6) is 0 Å². The topological polar surface area (TPSA) is 26.0 Å². The van der Waals surface area contributed by atoms with Gasteiger partial charge in [0.1, 0.15) is 0 Å². The van der Waals surface area contributed by atoms with Crippen LogP contribution in [0.15, 0.2) is 0 Å². The third-order valence-corrected chi connectivity index (χ3v) is 4.76. The summed E-state index contributed by atoms with van der Waals surface area (Å²) < 4.78 is 0. The van der Waals surface area contributed by atoms with Gasteiger partial charge in [-0.15, -0.1) is 0 Å². The van der Waals surface area contributed by atoms with Gasteiger partial charge in [-0.05, 0) is 42.1 Å². The van der Waals surface area contributed by atoms with Gasteiger partial charge >= 0.3 is 0 Å². The fraction of sp³-hybridized carbons (Fsp3) is 1.00. The quantitative estimate of drug-likeness (QED) is 0.612. The molecule has 64 valence electrons. The zero-order valence-electron chi connectivity index (χ0n) is 7.85. The lowest BCUT2D eigenvalue weighted by molar-refractivity contribution is 0.154. The van der Waals surface area contributed by atoms with E-state index in [1.807, 2.05) is 0 Å². The molecule has 2 saturated carbocycles. The number of hydrogen-bond acceptors (Lipinski definition) is 1. The van der Waals surface area contributed by atoms with E-state index >= 15 is 0 Å². The molecule has 0 bridgehead atoms. The average molecular weight is 153 g/mol. The second-order valence-electron chi connectivity index (χ2n) is 5.21. The van der Waals surface area contributed by atoms with Gasteiger partial charge in [-0.2, -0.15) is 0 Å². The smallest absolute Gasteiger partial charge is 0.00434 e. The van der Waals surface area contributed by atoms with Gasteiger partial charge < -0.3 is 5.73 Å². The van der Waals surface area contributed by atoms with Gasteiger partial charge in [-0.3, -0.25) is 0 Å². The minimum absolute atomic E-state index is 0.506. The summed E-state index contributed by atoms with van der Waals surface area (Å²) in [7, 11) is 0. The molecule has 11 heavy (non-hydrogen) atoms. The van der Waals surface area contributed by atoms with Crippen LogP contribution in [-0.2, 0) is 0 Å². The first kappa shape index (κ1) is 7.60. The second kappa shape index (κ2) is 1.82. The first-order chi connectivity index (χ1) is 5.02. The summed E-state index contributed by atoms with van der Waals surface area (Å²) in [5.41, 5.74) is 6.91. The van der Waals surface area contributed by atoms with E-state index in [-0.39, 0.29) is 0 Å². The molecule has 2 rings (SSSR count). The van der Waals surface area contributed by atoms with Gasteiger partial charge in [-0.1, -0.05) is 20.8 Å². The van der Waals surface area contributed by atoms with Gasteiger partial charge in [-0.25, -0.2) is 0 Å². The number of rotatable bonds is 1. The Kier molecular flexibility index (Phi) is 1.26. The molecule has 0 heterocycles. The Bertz CT molecular complexity index is 185. The molecule has 1 heteroatoms. The summed E-state index contributed by atoms with van der Waals surface area (Å²) in [6, 6.07) is 0. The molecule has 0 aromatic heterocycles. The highest BCUT2D eigenvalue weighted by Gasteiger charge is 2.66. The van der Waals surface area contributed by atoms with E-state index in [0.717, 1.165) is 18.4 Å². The van der Waals surface area contributed by atoms with Crippen LogP contribution in [0.2, 0.25) is 0 Å². The predicted molar refractivity (Wildman–Crippen MR) is 47.2 cm³/mol. The second-order valence-corrected chi connectivity index (χ2v) is 5.21.